The first-order valence-electron chi connectivity index (χ1n) is 4.66. The maximum atomic E-state index is 11.5. The van der Waals surface area contributed by atoms with Gasteiger partial charge in [0.05, 0.1) is 5.52 Å². The minimum absolute atomic E-state index is 0.307. The predicted octanol–water partition coefficient (Wildman–Crippen LogP) is 1.58. The topological polar surface area (TPSA) is 47.2 Å². The number of hydrogen-bond donors (Lipinski definition) is 1. The van der Waals surface area contributed by atoms with Crippen molar-refractivity contribution in [1.82, 2.24) is 9.88 Å². The first-order chi connectivity index (χ1) is 7.22. The molecule has 2 rings (SSSR count). The summed E-state index contributed by atoms with van der Waals surface area (Å²) in [5, 5.41) is 3.00. The summed E-state index contributed by atoms with van der Waals surface area (Å²) in [5.74, 6) is -0.307. The number of benzene rings is 1. The van der Waals surface area contributed by atoms with E-state index in [0.717, 1.165) is 16.5 Å². The maximum absolute atomic E-state index is 11.5. The number of aromatic nitrogens is 1. The monoisotopic (exact) mass is 270 g/mol. The Labute approximate surface area is 95.0 Å². The van der Waals surface area contributed by atoms with Crippen LogP contribution in [-0.4, -0.2) is 18.2 Å². The van der Waals surface area contributed by atoms with E-state index in [2.05, 4.69) is 21.2 Å². The summed E-state index contributed by atoms with van der Waals surface area (Å²) in [6, 6.07) is 5.53. The van der Waals surface area contributed by atoms with Crippen LogP contribution in [0, 0.1) is 0 Å². The Kier molecular flexibility index (Phi) is 2.93. The van der Waals surface area contributed by atoms with Crippen LogP contribution in [0.3, 0.4) is 0 Å². The predicted molar refractivity (Wildman–Crippen MR) is 62.1 cm³/mol. The minimum atomic E-state index is -0.307. The van der Waals surface area contributed by atoms with Crippen LogP contribution in [0.5, 0.6) is 0 Å². The van der Waals surface area contributed by atoms with Crippen LogP contribution < -0.4 is 11.1 Å². The van der Waals surface area contributed by atoms with Gasteiger partial charge in [0.25, 0.3) is 0 Å². The van der Waals surface area contributed by atoms with Gasteiger partial charge >= 0.3 is 5.76 Å². The first-order valence-corrected chi connectivity index (χ1v) is 5.45. The number of rotatable bonds is 3. The average Bonchev–Trinajstić information content (AvgIpc) is 2.51. The lowest BCUT2D eigenvalue weighted by Crippen LogP contribution is -2.21. The average molecular weight is 271 g/mol. The summed E-state index contributed by atoms with van der Waals surface area (Å²) >= 11 is 3.37. The third kappa shape index (κ3) is 1.98. The Morgan fingerprint density at radius 2 is 2.33 bits per heavy atom. The van der Waals surface area contributed by atoms with E-state index in [4.69, 9.17) is 4.42 Å². The highest BCUT2D eigenvalue weighted by molar-refractivity contribution is 9.10. The van der Waals surface area contributed by atoms with Crippen molar-refractivity contribution in [2.75, 3.05) is 13.6 Å². The second-order valence-corrected chi connectivity index (χ2v) is 4.15. The highest BCUT2D eigenvalue weighted by Crippen LogP contribution is 2.18. The molecule has 4 nitrogen and oxygen atoms in total. The van der Waals surface area contributed by atoms with Crippen molar-refractivity contribution in [3.63, 3.8) is 0 Å². The molecular formula is C10H11BrN2O2. The van der Waals surface area contributed by atoms with Gasteiger partial charge in [-0.2, -0.15) is 0 Å². The Morgan fingerprint density at radius 1 is 1.53 bits per heavy atom. The van der Waals surface area contributed by atoms with Gasteiger partial charge in [0.15, 0.2) is 5.58 Å². The molecule has 0 aliphatic rings. The van der Waals surface area contributed by atoms with Crippen molar-refractivity contribution in [2.45, 2.75) is 6.54 Å². The molecule has 1 N–H and O–H groups in total. The molecule has 15 heavy (non-hydrogen) atoms. The van der Waals surface area contributed by atoms with Crippen molar-refractivity contribution >= 4 is 27.0 Å². The van der Waals surface area contributed by atoms with Gasteiger partial charge in [-0.3, -0.25) is 4.57 Å². The molecule has 0 amide bonds. The van der Waals surface area contributed by atoms with E-state index in [9.17, 15) is 4.79 Å². The number of halogens is 1. The second-order valence-electron chi connectivity index (χ2n) is 3.24. The van der Waals surface area contributed by atoms with Gasteiger partial charge in [-0.05, 0) is 25.2 Å². The van der Waals surface area contributed by atoms with E-state index in [1.165, 1.54) is 0 Å². The highest BCUT2D eigenvalue weighted by atomic mass is 79.9. The molecule has 0 aliphatic carbocycles. The Morgan fingerprint density at radius 3 is 3.07 bits per heavy atom. The Hall–Kier alpha value is -1.07. The fourth-order valence-corrected chi connectivity index (χ4v) is 1.82. The molecule has 5 heteroatoms. The maximum Gasteiger partial charge on any atom is 0.419 e. The Balaban J connectivity index is 2.55. The summed E-state index contributed by atoms with van der Waals surface area (Å²) in [7, 11) is 1.85. The van der Waals surface area contributed by atoms with Crippen LogP contribution in [0.2, 0.25) is 0 Å². The molecule has 0 saturated heterocycles. The molecule has 0 saturated carbocycles. The van der Waals surface area contributed by atoms with Crippen molar-refractivity contribution in [3.8, 4) is 0 Å². The summed E-state index contributed by atoms with van der Waals surface area (Å²) in [6.45, 7) is 1.35. The quantitative estimate of drug-likeness (QED) is 0.921. The third-order valence-electron chi connectivity index (χ3n) is 2.21. The molecule has 0 radical (unpaired) electrons. The van der Waals surface area contributed by atoms with Crippen molar-refractivity contribution in [3.05, 3.63) is 33.2 Å². The van der Waals surface area contributed by atoms with Crippen molar-refractivity contribution in [1.29, 1.82) is 0 Å². The highest BCUT2D eigenvalue weighted by Gasteiger charge is 2.08. The molecule has 1 heterocycles. The molecule has 0 spiro atoms. The molecule has 0 unspecified atom stereocenters. The molecule has 0 atom stereocenters. The van der Waals surface area contributed by atoms with E-state index in [0.29, 0.717) is 12.1 Å². The third-order valence-corrected chi connectivity index (χ3v) is 2.71. The summed E-state index contributed by atoms with van der Waals surface area (Å²) < 4.78 is 7.67. The van der Waals surface area contributed by atoms with E-state index in [1.54, 1.807) is 10.6 Å². The Bertz CT molecular complexity index is 530. The number of hydrogen-bond acceptors (Lipinski definition) is 3. The molecule has 80 valence electrons. The molecule has 0 aliphatic heterocycles. The van der Waals surface area contributed by atoms with Gasteiger partial charge in [0.1, 0.15) is 0 Å². The van der Waals surface area contributed by atoms with E-state index < -0.39 is 0 Å². The summed E-state index contributed by atoms with van der Waals surface area (Å²) in [6.07, 6.45) is 0. The smallest absolute Gasteiger partial charge is 0.408 e. The molecule has 1 aromatic carbocycles. The van der Waals surface area contributed by atoms with Crippen molar-refractivity contribution < 1.29 is 4.42 Å². The largest absolute Gasteiger partial charge is 0.419 e. The lowest BCUT2D eigenvalue weighted by molar-refractivity contribution is 0.500. The van der Waals surface area contributed by atoms with Gasteiger partial charge in [-0.15, -0.1) is 0 Å². The summed E-state index contributed by atoms with van der Waals surface area (Å²) in [4.78, 5) is 11.5. The van der Waals surface area contributed by atoms with E-state index >= 15 is 0 Å². The molecule has 0 bridgehead atoms. The standard InChI is InChI=1S/C10H11BrN2O2/c1-12-4-5-13-8-6-7(11)2-3-9(8)15-10(13)14/h2-3,6,12H,4-5H2,1H3. The molecule has 1 aromatic heterocycles. The van der Waals surface area contributed by atoms with Crippen molar-refractivity contribution in [2.24, 2.45) is 0 Å². The zero-order valence-corrected chi connectivity index (χ0v) is 9.87. The number of fused-ring (bicyclic) bond motifs is 1. The van der Waals surface area contributed by atoms with Crippen LogP contribution in [-0.2, 0) is 6.54 Å². The normalized spacial score (nSPS) is 11.1. The zero-order valence-electron chi connectivity index (χ0n) is 8.29. The van der Waals surface area contributed by atoms with Gasteiger partial charge in [0, 0.05) is 17.6 Å². The zero-order chi connectivity index (χ0) is 10.8. The van der Waals surface area contributed by atoms with Gasteiger partial charge < -0.3 is 9.73 Å². The molecular weight excluding hydrogens is 260 g/mol. The van der Waals surface area contributed by atoms with Crippen LogP contribution in [0.1, 0.15) is 0 Å². The minimum Gasteiger partial charge on any atom is -0.408 e. The molecule has 2 aromatic rings. The van der Waals surface area contributed by atoms with Crippen LogP contribution >= 0.6 is 15.9 Å². The van der Waals surface area contributed by atoms with E-state index in [1.807, 2.05) is 19.2 Å². The fraction of sp³-hybridized carbons (Fsp3) is 0.300. The SMILES string of the molecule is CNCCn1c(=O)oc2ccc(Br)cc21. The van der Waals surface area contributed by atoms with Gasteiger partial charge in [-0.1, -0.05) is 15.9 Å². The van der Waals surface area contributed by atoms with Crippen LogP contribution in [0.15, 0.2) is 31.9 Å². The van der Waals surface area contributed by atoms with Gasteiger partial charge in [-0.25, -0.2) is 4.79 Å². The van der Waals surface area contributed by atoms with E-state index in [-0.39, 0.29) is 5.76 Å². The summed E-state index contributed by atoms with van der Waals surface area (Å²) in [5.41, 5.74) is 1.45. The fourth-order valence-electron chi connectivity index (χ4n) is 1.47. The number of nitrogens with zero attached hydrogens (tertiary/aromatic N) is 1. The first kappa shape index (κ1) is 10.4. The second kappa shape index (κ2) is 4.20. The number of likely N-dealkylation sites (N-methyl/N-ethyl adjacent to an activating group) is 1. The number of oxazole rings is 1. The lowest BCUT2D eigenvalue weighted by Gasteiger charge is -2.00. The molecule has 0 fully saturated rings. The van der Waals surface area contributed by atoms with Gasteiger partial charge in [0.2, 0.25) is 0 Å². The lowest BCUT2D eigenvalue weighted by atomic mass is 10.3. The number of nitrogens with one attached hydrogen (secondary N) is 1. The van der Waals surface area contributed by atoms with Crippen LogP contribution in [0.4, 0.5) is 0 Å². The van der Waals surface area contributed by atoms with Crippen LogP contribution in [0.25, 0.3) is 11.1 Å².